The lowest BCUT2D eigenvalue weighted by molar-refractivity contribution is -0.138. The van der Waals surface area contributed by atoms with Crippen molar-refractivity contribution in [2.24, 2.45) is 0 Å². The van der Waals surface area contributed by atoms with Crippen LogP contribution >= 0.6 is 0 Å². The number of rotatable bonds is 4. The first kappa shape index (κ1) is 16.1. The average molecular weight is 297 g/mol. The molecule has 0 spiro atoms. The predicted molar refractivity (Wildman–Crippen MR) is 80.3 cm³/mol. The number of likely N-dealkylation sites (tertiary alicyclic amines) is 1. The summed E-state index contributed by atoms with van der Waals surface area (Å²) in [5.74, 6) is -0.815. The van der Waals surface area contributed by atoms with Gasteiger partial charge in [-0.2, -0.15) is 0 Å². The first-order valence-corrected chi connectivity index (χ1v) is 8.13. The van der Waals surface area contributed by atoms with E-state index in [1.54, 1.807) is 0 Å². The molecule has 2 amide bonds. The van der Waals surface area contributed by atoms with Crippen LogP contribution in [0, 0.1) is 0 Å². The highest BCUT2D eigenvalue weighted by molar-refractivity contribution is 5.76. The second-order valence-corrected chi connectivity index (χ2v) is 5.99. The molecule has 2 N–H and O–H groups in total. The Bertz CT molecular complexity index is 369. The molecule has 0 saturated carbocycles. The molecule has 2 saturated heterocycles. The fourth-order valence-electron chi connectivity index (χ4n) is 3.50. The largest absolute Gasteiger partial charge is 0.481 e. The Kier molecular flexibility index (Phi) is 5.85. The summed E-state index contributed by atoms with van der Waals surface area (Å²) in [7, 11) is 0. The van der Waals surface area contributed by atoms with E-state index in [0.717, 1.165) is 45.2 Å². The lowest BCUT2D eigenvalue weighted by atomic mass is 9.99. The Labute approximate surface area is 126 Å². The number of aliphatic carboxylic acids is 1. The van der Waals surface area contributed by atoms with Crippen LogP contribution in [-0.2, 0) is 4.79 Å². The summed E-state index contributed by atoms with van der Waals surface area (Å²) in [6.45, 7) is 5.30. The van der Waals surface area contributed by atoms with Crippen LogP contribution in [0.5, 0.6) is 0 Å². The number of urea groups is 1. The molecular formula is C15H27N3O3. The smallest absolute Gasteiger partial charge is 0.320 e. The average Bonchev–Trinajstić information content (AvgIpc) is 2.49. The minimum atomic E-state index is -0.815. The van der Waals surface area contributed by atoms with E-state index in [-0.39, 0.29) is 24.5 Å². The highest BCUT2D eigenvalue weighted by Gasteiger charge is 2.33. The summed E-state index contributed by atoms with van der Waals surface area (Å²) in [4.78, 5) is 27.6. The van der Waals surface area contributed by atoms with Crippen LogP contribution in [0.15, 0.2) is 0 Å². The van der Waals surface area contributed by atoms with E-state index < -0.39 is 5.97 Å². The first-order chi connectivity index (χ1) is 10.1. The van der Waals surface area contributed by atoms with Crippen molar-refractivity contribution in [3.8, 4) is 0 Å². The van der Waals surface area contributed by atoms with Gasteiger partial charge in [0.25, 0.3) is 0 Å². The number of carbonyl (C=O) groups excluding carboxylic acids is 1. The zero-order valence-electron chi connectivity index (χ0n) is 12.9. The Morgan fingerprint density at radius 3 is 2.57 bits per heavy atom. The molecule has 2 heterocycles. The quantitative estimate of drug-likeness (QED) is 0.825. The van der Waals surface area contributed by atoms with Crippen LogP contribution in [0.25, 0.3) is 0 Å². The Hall–Kier alpha value is -1.30. The third-order valence-electron chi connectivity index (χ3n) is 4.62. The summed E-state index contributed by atoms with van der Waals surface area (Å²) < 4.78 is 0. The van der Waals surface area contributed by atoms with Crippen LogP contribution < -0.4 is 5.32 Å². The molecule has 0 aromatic carbocycles. The van der Waals surface area contributed by atoms with Gasteiger partial charge in [0.1, 0.15) is 0 Å². The molecule has 0 bridgehead atoms. The van der Waals surface area contributed by atoms with Crippen molar-refractivity contribution in [3.05, 3.63) is 0 Å². The van der Waals surface area contributed by atoms with Crippen molar-refractivity contribution in [1.29, 1.82) is 0 Å². The molecule has 2 rings (SSSR count). The maximum Gasteiger partial charge on any atom is 0.320 e. The standard InChI is InChI=1S/C15H27N3O3/c1-2-17(12-6-8-16-9-7-12)15(21)18-10-4-3-5-13(18)11-14(19)20/h12-13,16H,2-11H2,1H3,(H,19,20). The lowest BCUT2D eigenvalue weighted by Crippen LogP contribution is -2.55. The number of carboxylic acid groups (broad SMARTS) is 1. The van der Waals surface area contributed by atoms with E-state index in [1.807, 2.05) is 16.7 Å². The van der Waals surface area contributed by atoms with Gasteiger partial charge in [0.05, 0.1) is 6.42 Å². The predicted octanol–water partition coefficient (Wildman–Crippen LogP) is 1.51. The topological polar surface area (TPSA) is 72.9 Å². The fourth-order valence-corrected chi connectivity index (χ4v) is 3.50. The van der Waals surface area contributed by atoms with E-state index in [0.29, 0.717) is 13.1 Å². The van der Waals surface area contributed by atoms with Crippen LogP contribution in [0.3, 0.4) is 0 Å². The van der Waals surface area contributed by atoms with E-state index in [4.69, 9.17) is 5.11 Å². The van der Waals surface area contributed by atoms with Crippen molar-refractivity contribution in [1.82, 2.24) is 15.1 Å². The zero-order chi connectivity index (χ0) is 15.2. The van der Waals surface area contributed by atoms with Crippen LogP contribution in [-0.4, -0.2) is 65.2 Å². The van der Waals surface area contributed by atoms with Gasteiger partial charge < -0.3 is 20.2 Å². The monoisotopic (exact) mass is 297 g/mol. The summed E-state index contributed by atoms with van der Waals surface area (Å²) in [5, 5.41) is 12.4. The van der Waals surface area contributed by atoms with E-state index >= 15 is 0 Å². The first-order valence-electron chi connectivity index (χ1n) is 8.13. The maximum absolute atomic E-state index is 12.9. The molecule has 2 aliphatic rings. The number of carbonyl (C=O) groups is 2. The number of nitrogens with one attached hydrogen (secondary N) is 1. The van der Waals surface area contributed by atoms with Gasteiger partial charge in [-0.3, -0.25) is 4.79 Å². The van der Waals surface area contributed by atoms with Crippen LogP contribution in [0.1, 0.15) is 45.4 Å². The summed E-state index contributed by atoms with van der Waals surface area (Å²) >= 11 is 0. The molecule has 120 valence electrons. The highest BCUT2D eigenvalue weighted by Crippen LogP contribution is 2.23. The van der Waals surface area contributed by atoms with Crippen molar-refractivity contribution < 1.29 is 14.7 Å². The molecule has 2 aliphatic heterocycles. The minimum absolute atomic E-state index is 0.0374. The number of hydrogen-bond acceptors (Lipinski definition) is 3. The summed E-state index contributed by atoms with van der Waals surface area (Å²) in [5.41, 5.74) is 0. The van der Waals surface area contributed by atoms with Gasteiger partial charge in [0.15, 0.2) is 0 Å². The third-order valence-corrected chi connectivity index (χ3v) is 4.62. The second kappa shape index (κ2) is 7.64. The van der Waals surface area contributed by atoms with Crippen LogP contribution in [0.4, 0.5) is 4.79 Å². The normalized spacial score (nSPS) is 23.9. The molecule has 2 fully saturated rings. The number of carboxylic acids is 1. The molecule has 1 unspecified atom stereocenters. The van der Waals surface area contributed by atoms with E-state index in [1.165, 1.54) is 0 Å². The van der Waals surface area contributed by atoms with Gasteiger partial charge in [0.2, 0.25) is 0 Å². The maximum atomic E-state index is 12.9. The van der Waals surface area contributed by atoms with E-state index in [2.05, 4.69) is 5.32 Å². The van der Waals surface area contributed by atoms with Gasteiger partial charge in [0, 0.05) is 25.2 Å². The summed E-state index contributed by atoms with van der Waals surface area (Å²) in [6.07, 6.45) is 4.83. The van der Waals surface area contributed by atoms with Crippen molar-refractivity contribution >= 4 is 12.0 Å². The third kappa shape index (κ3) is 4.09. The molecular weight excluding hydrogens is 270 g/mol. The number of piperidine rings is 2. The highest BCUT2D eigenvalue weighted by atomic mass is 16.4. The van der Waals surface area contributed by atoms with Crippen LogP contribution in [0.2, 0.25) is 0 Å². The number of nitrogens with zero attached hydrogens (tertiary/aromatic N) is 2. The second-order valence-electron chi connectivity index (χ2n) is 5.99. The molecule has 0 aromatic heterocycles. The Balaban J connectivity index is 2.04. The molecule has 21 heavy (non-hydrogen) atoms. The molecule has 0 radical (unpaired) electrons. The number of hydrogen-bond donors (Lipinski definition) is 2. The lowest BCUT2D eigenvalue weighted by Gasteiger charge is -2.42. The Morgan fingerprint density at radius 1 is 1.24 bits per heavy atom. The number of amides is 2. The minimum Gasteiger partial charge on any atom is -0.481 e. The van der Waals surface area contributed by atoms with Crippen molar-refractivity contribution in [2.75, 3.05) is 26.2 Å². The van der Waals surface area contributed by atoms with Gasteiger partial charge in [-0.25, -0.2) is 4.79 Å². The van der Waals surface area contributed by atoms with Gasteiger partial charge >= 0.3 is 12.0 Å². The van der Waals surface area contributed by atoms with E-state index in [9.17, 15) is 9.59 Å². The molecule has 0 aliphatic carbocycles. The SMILES string of the molecule is CCN(C(=O)N1CCCCC1CC(=O)O)C1CCNCC1. The molecule has 0 aromatic rings. The van der Waals surface area contributed by atoms with Crippen molar-refractivity contribution in [3.63, 3.8) is 0 Å². The molecule has 6 nitrogen and oxygen atoms in total. The zero-order valence-corrected chi connectivity index (χ0v) is 12.9. The van der Waals surface area contributed by atoms with Gasteiger partial charge in [-0.05, 0) is 52.1 Å². The Morgan fingerprint density at radius 2 is 1.95 bits per heavy atom. The van der Waals surface area contributed by atoms with Gasteiger partial charge in [-0.1, -0.05) is 0 Å². The van der Waals surface area contributed by atoms with Gasteiger partial charge in [-0.15, -0.1) is 0 Å². The summed E-state index contributed by atoms with van der Waals surface area (Å²) in [6, 6.07) is 0.186. The van der Waals surface area contributed by atoms with Crippen molar-refractivity contribution in [2.45, 2.75) is 57.5 Å². The molecule has 6 heteroatoms. The molecule has 1 atom stereocenters. The fraction of sp³-hybridized carbons (Fsp3) is 0.867.